The Morgan fingerprint density at radius 3 is 2.34 bits per heavy atom. The summed E-state index contributed by atoms with van der Waals surface area (Å²) in [7, 11) is 0.820. The van der Waals surface area contributed by atoms with Crippen LogP contribution >= 0.6 is 0 Å². The van der Waals surface area contributed by atoms with Crippen molar-refractivity contribution in [2.24, 2.45) is 0 Å². The number of methoxy groups -OCH3 is 1. The standard InChI is InChI=1S/C20H26FN3O4S/c1-5-24(13-15-6-11-19(28-4)18(21)12-15)14-20(25)22-16-7-9-17(10-8-16)29(26,27)23(2)3/h6-12H,5,13-14H2,1-4H3,(H,22,25)/p+1. The van der Waals surface area contributed by atoms with E-state index in [1.54, 1.807) is 24.3 Å². The Kier molecular flexibility index (Phi) is 7.72. The molecule has 9 heteroatoms. The number of nitrogens with one attached hydrogen (secondary N) is 2. The normalized spacial score (nSPS) is 12.6. The lowest BCUT2D eigenvalue weighted by Gasteiger charge is -2.18. The van der Waals surface area contributed by atoms with Gasteiger partial charge in [0.05, 0.1) is 18.6 Å². The second-order valence-corrected chi connectivity index (χ2v) is 8.94. The van der Waals surface area contributed by atoms with E-state index in [2.05, 4.69) is 5.32 Å². The molecular weight excluding hydrogens is 397 g/mol. The Balaban J connectivity index is 1.99. The van der Waals surface area contributed by atoms with Gasteiger partial charge in [0.25, 0.3) is 5.91 Å². The fourth-order valence-corrected chi connectivity index (χ4v) is 3.68. The molecule has 29 heavy (non-hydrogen) atoms. The van der Waals surface area contributed by atoms with Crippen LogP contribution in [0.1, 0.15) is 12.5 Å². The predicted molar refractivity (Wildman–Crippen MR) is 109 cm³/mol. The van der Waals surface area contributed by atoms with Gasteiger partial charge in [-0.2, -0.15) is 0 Å². The number of quaternary nitrogens is 1. The van der Waals surface area contributed by atoms with E-state index >= 15 is 0 Å². The third-order valence-electron chi connectivity index (χ3n) is 4.50. The van der Waals surface area contributed by atoms with Crippen molar-refractivity contribution in [1.82, 2.24) is 4.31 Å². The molecule has 0 aliphatic heterocycles. The van der Waals surface area contributed by atoms with E-state index in [-0.39, 0.29) is 23.1 Å². The molecular formula is C20H27FN3O4S+. The highest BCUT2D eigenvalue weighted by Gasteiger charge is 2.18. The summed E-state index contributed by atoms with van der Waals surface area (Å²) in [6.07, 6.45) is 0. The first-order valence-corrected chi connectivity index (χ1v) is 10.6. The predicted octanol–water partition coefficient (Wildman–Crippen LogP) is 1.13. The molecule has 0 spiro atoms. The third kappa shape index (κ3) is 5.99. The molecule has 0 fully saturated rings. The monoisotopic (exact) mass is 424 g/mol. The largest absolute Gasteiger partial charge is 0.494 e. The Bertz CT molecular complexity index is 947. The van der Waals surface area contributed by atoms with Crippen LogP contribution in [0.3, 0.4) is 0 Å². The smallest absolute Gasteiger partial charge is 0.279 e. The van der Waals surface area contributed by atoms with Crippen LogP contribution < -0.4 is 15.0 Å². The Morgan fingerprint density at radius 1 is 1.17 bits per heavy atom. The Labute approximate surface area is 171 Å². The molecule has 2 rings (SSSR count). The topological polar surface area (TPSA) is 80.2 Å². The molecule has 0 aliphatic rings. The second kappa shape index (κ2) is 9.82. The zero-order chi connectivity index (χ0) is 21.6. The minimum Gasteiger partial charge on any atom is -0.494 e. The number of carbonyl (C=O) groups is 1. The third-order valence-corrected chi connectivity index (χ3v) is 6.33. The maximum atomic E-state index is 13.9. The SMILES string of the molecule is CC[NH+](CC(=O)Nc1ccc(S(=O)(=O)N(C)C)cc1)Cc1ccc(OC)c(F)c1. The zero-order valence-electron chi connectivity index (χ0n) is 17.0. The lowest BCUT2D eigenvalue weighted by molar-refractivity contribution is -0.903. The number of nitrogens with zero attached hydrogens (tertiary/aromatic N) is 1. The van der Waals surface area contributed by atoms with Crippen molar-refractivity contribution in [3.05, 3.63) is 53.8 Å². The summed E-state index contributed by atoms with van der Waals surface area (Å²) in [5.41, 5.74) is 1.28. The highest BCUT2D eigenvalue weighted by Crippen LogP contribution is 2.17. The fourth-order valence-electron chi connectivity index (χ4n) is 2.77. The molecule has 2 aromatic rings. The summed E-state index contributed by atoms with van der Waals surface area (Å²) >= 11 is 0. The van der Waals surface area contributed by atoms with Crippen LogP contribution in [-0.2, 0) is 21.4 Å². The van der Waals surface area contributed by atoms with E-state index in [9.17, 15) is 17.6 Å². The minimum atomic E-state index is -3.51. The van der Waals surface area contributed by atoms with Crippen molar-refractivity contribution in [2.75, 3.05) is 39.6 Å². The molecule has 1 amide bonds. The van der Waals surface area contributed by atoms with Crippen molar-refractivity contribution in [3.8, 4) is 5.75 Å². The van der Waals surface area contributed by atoms with E-state index in [4.69, 9.17) is 4.74 Å². The molecule has 0 heterocycles. The van der Waals surface area contributed by atoms with Gasteiger partial charge in [0.1, 0.15) is 6.54 Å². The molecule has 1 atom stereocenters. The number of hydrogen-bond acceptors (Lipinski definition) is 4. The summed E-state index contributed by atoms with van der Waals surface area (Å²) < 4.78 is 44.1. The first-order valence-electron chi connectivity index (χ1n) is 9.15. The first-order chi connectivity index (χ1) is 13.7. The molecule has 1 unspecified atom stereocenters. The number of amides is 1. The van der Waals surface area contributed by atoms with Crippen LogP contribution in [0, 0.1) is 5.82 Å². The molecule has 0 radical (unpaired) electrons. The number of sulfonamides is 1. The number of hydrogen-bond donors (Lipinski definition) is 2. The van der Waals surface area contributed by atoms with Gasteiger partial charge in [0.2, 0.25) is 10.0 Å². The fraction of sp³-hybridized carbons (Fsp3) is 0.350. The van der Waals surface area contributed by atoms with Crippen LogP contribution in [0.5, 0.6) is 5.75 Å². The second-order valence-electron chi connectivity index (χ2n) is 6.79. The van der Waals surface area contributed by atoms with Crippen molar-refractivity contribution < 1.29 is 27.2 Å². The molecule has 7 nitrogen and oxygen atoms in total. The van der Waals surface area contributed by atoms with Crippen LogP contribution in [0.4, 0.5) is 10.1 Å². The van der Waals surface area contributed by atoms with E-state index in [1.165, 1.54) is 39.4 Å². The number of carbonyl (C=O) groups excluding carboxylic acids is 1. The summed E-state index contributed by atoms with van der Waals surface area (Å²) in [4.78, 5) is 13.5. The quantitative estimate of drug-likeness (QED) is 0.633. The van der Waals surface area contributed by atoms with Crippen molar-refractivity contribution in [3.63, 3.8) is 0 Å². The number of benzene rings is 2. The number of likely N-dealkylation sites (N-methyl/N-ethyl adjacent to an activating group) is 1. The van der Waals surface area contributed by atoms with Gasteiger partial charge in [0.15, 0.2) is 18.1 Å². The summed E-state index contributed by atoms with van der Waals surface area (Å²) in [5, 5.41) is 2.77. The number of rotatable bonds is 9. The first kappa shape index (κ1) is 22.8. The van der Waals surface area contributed by atoms with Crippen LogP contribution in [0.2, 0.25) is 0 Å². The zero-order valence-corrected chi connectivity index (χ0v) is 17.8. The minimum absolute atomic E-state index is 0.155. The van der Waals surface area contributed by atoms with Gasteiger partial charge in [-0.15, -0.1) is 0 Å². The lowest BCUT2D eigenvalue weighted by atomic mass is 10.2. The van der Waals surface area contributed by atoms with Crippen LogP contribution in [0.25, 0.3) is 0 Å². The maximum Gasteiger partial charge on any atom is 0.279 e. The highest BCUT2D eigenvalue weighted by molar-refractivity contribution is 7.89. The Morgan fingerprint density at radius 2 is 1.83 bits per heavy atom. The molecule has 0 aliphatic carbocycles. The number of anilines is 1. The lowest BCUT2D eigenvalue weighted by Crippen LogP contribution is -3.11. The van der Waals surface area contributed by atoms with Gasteiger partial charge in [-0.3, -0.25) is 4.79 Å². The summed E-state index contributed by atoms with van der Waals surface area (Å²) in [5.74, 6) is -0.457. The molecule has 2 aromatic carbocycles. The molecule has 158 valence electrons. The van der Waals surface area contributed by atoms with E-state index in [0.29, 0.717) is 18.8 Å². The van der Waals surface area contributed by atoms with Gasteiger partial charge < -0.3 is 15.0 Å². The molecule has 0 aromatic heterocycles. The average Bonchev–Trinajstić information content (AvgIpc) is 2.67. The molecule has 0 saturated heterocycles. The average molecular weight is 425 g/mol. The van der Waals surface area contributed by atoms with Crippen molar-refractivity contribution in [2.45, 2.75) is 18.4 Å². The van der Waals surface area contributed by atoms with Crippen molar-refractivity contribution in [1.29, 1.82) is 0 Å². The molecule has 0 saturated carbocycles. The van der Waals surface area contributed by atoms with Gasteiger partial charge in [-0.1, -0.05) is 0 Å². The number of halogens is 1. The van der Waals surface area contributed by atoms with Crippen LogP contribution in [-0.4, -0.2) is 52.9 Å². The van der Waals surface area contributed by atoms with E-state index < -0.39 is 15.8 Å². The van der Waals surface area contributed by atoms with Gasteiger partial charge in [-0.25, -0.2) is 17.1 Å². The summed E-state index contributed by atoms with van der Waals surface area (Å²) in [6, 6.07) is 10.8. The summed E-state index contributed by atoms with van der Waals surface area (Å²) in [6.45, 7) is 3.32. The van der Waals surface area contributed by atoms with Gasteiger partial charge in [0, 0.05) is 25.3 Å². The van der Waals surface area contributed by atoms with Crippen LogP contribution in [0.15, 0.2) is 47.4 Å². The number of ether oxygens (including phenoxy) is 1. The Hall–Kier alpha value is -2.49. The van der Waals surface area contributed by atoms with Gasteiger partial charge >= 0.3 is 0 Å². The maximum absolute atomic E-state index is 13.9. The van der Waals surface area contributed by atoms with E-state index in [0.717, 1.165) is 14.8 Å². The van der Waals surface area contributed by atoms with Crippen molar-refractivity contribution >= 4 is 21.6 Å². The molecule has 2 N–H and O–H groups in total. The van der Waals surface area contributed by atoms with Gasteiger partial charge in [-0.05, 0) is 49.4 Å². The molecule has 0 bridgehead atoms. The highest BCUT2D eigenvalue weighted by atomic mass is 32.2. The van der Waals surface area contributed by atoms with E-state index in [1.807, 2.05) is 6.92 Å².